The van der Waals surface area contributed by atoms with Gasteiger partial charge in [0, 0.05) is 12.3 Å². The summed E-state index contributed by atoms with van der Waals surface area (Å²) in [6, 6.07) is 5.74. The highest BCUT2D eigenvalue weighted by molar-refractivity contribution is 5.83. The van der Waals surface area contributed by atoms with Crippen LogP contribution in [0.2, 0.25) is 0 Å². The molecule has 0 amide bonds. The van der Waals surface area contributed by atoms with Crippen LogP contribution in [-0.2, 0) is 11.2 Å². The third-order valence-electron chi connectivity index (χ3n) is 5.80. The highest BCUT2D eigenvalue weighted by Gasteiger charge is 2.44. The van der Waals surface area contributed by atoms with Crippen LogP contribution in [0.3, 0.4) is 0 Å². The van der Waals surface area contributed by atoms with Gasteiger partial charge in [-0.25, -0.2) is 0 Å². The van der Waals surface area contributed by atoms with Crippen LogP contribution in [0.15, 0.2) is 18.2 Å². The molecule has 2 aliphatic carbocycles. The molecule has 0 aliphatic heterocycles. The summed E-state index contributed by atoms with van der Waals surface area (Å²) in [7, 11) is 0. The summed E-state index contributed by atoms with van der Waals surface area (Å²) in [6.45, 7) is 4.37. The number of aromatic hydroxyl groups is 1. The predicted molar refractivity (Wildman–Crippen MR) is 84.5 cm³/mol. The molecule has 114 valence electrons. The summed E-state index contributed by atoms with van der Waals surface area (Å²) >= 11 is 0. The van der Waals surface area contributed by atoms with Crippen LogP contribution >= 0.6 is 0 Å². The van der Waals surface area contributed by atoms with Gasteiger partial charge in [-0.15, -0.1) is 0 Å². The second-order valence-electron chi connectivity index (χ2n) is 6.96. The van der Waals surface area contributed by atoms with Crippen LogP contribution in [0.25, 0.3) is 0 Å². The van der Waals surface area contributed by atoms with Crippen LogP contribution in [0, 0.1) is 17.8 Å². The van der Waals surface area contributed by atoms with Crippen LogP contribution in [0.5, 0.6) is 5.75 Å². The lowest BCUT2D eigenvalue weighted by Gasteiger charge is -2.45. The summed E-state index contributed by atoms with van der Waals surface area (Å²) in [5, 5.41) is 9.68. The number of phenols is 1. The molecule has 2 nitrogen and oxygen atoms in total. The molecule has 4 atom stereocenters. The van der Waals surface area contributed by atoms with E-state index in [2.05, 4.69) is 19.9 Å². The Morgan fingerprint density at radius 3 is 2.90 bits per heavy atom. The number of carbonyl (C=O) groups excluding carboxylic acids is 1. The molecule has 2 aliphatic rings. The first kappa shape index (κ1) is 14.6. The fourth-order valence-electron chi connectivity index (χ4n) is 4.61. The number of unbranched alkanes of at least 4 members (excludes halogenated alkanes) is 1. The number of fused-ring (bicyclic) bond motifs is 3. The number of benzene rings is 1. The average Bonchev–Trinajstić information content (AvgIpc) is 2.47. The molecule has 21 heavy (non-hydrogen) atoms. The summed E-state index contributed by atoms with van der Waals surface area (Å²) in [5.41, 5.74) is 2.58. The zero-order valence-electron chi connectivity index (χ0n) is 13.1. The van der Waals surface area contributed by atoms with Gasteiger partial charge in [0.15, 0.2) is 0 Å². The standard InChI is InChI=1S/C19H26O2/c1-3-4-5-15-12(2)19(21)11-18-16-9-7-14(20)10-13(16)6-8-17(15)18/h7,9-10,12,15,17-18,20H,3-6,8,11H2,1-2H3/t12?,15-,17?,18?/m0/s1. The van der Waals surface area contributed by atoms with Gasteiger partial charge in [0.2, 0.25) is 0 Å². The van der Waals surface area contributed by atoms with Gasteiger partial charge in [-0.2, -0.15) is 0 Å². The molecule has 1 N–H and O–H groups in total. The number of hydrogen-bond donors (Lipinski definition) is 1. The van der Waals surface area contributed by atoms with Crippen molar-refractivity contribution in [2.24, 2.45) is 17.8 Å². The first-order valence-electron chi connectivity index (χ1n) is 8.46. The van der Waals surface area contributed by atoms with Crippen molar-refractivity contribution in [2.45, 2.75) is 58.3 Å². The van der Waals surface area contributed by atoms with Gasteiger partial charge in [-0.1, -0.05) is 32.8 Å². The van der Waals surface area contributed by atoms with E-state index in [1.807, 2.05) is 6.07 Å². The average molecular weight is 286 g/mol. The molecule has 1 aromatic carbocycles. The van der Waals surface area contributed by atoms with Gasteiger partial charge in [0.1, 0.15) is 11.5 Å². The van der Waals surface area contributed by atoms with E-state index in [9.17, 15) is 9.90 Å². The van der Waals surface area contributed by atoms with Crippen molar-refractivity contribution < 1.29 is 9.90 Å². The SMILES string of the molecule is CCCC[C@H]1C(C)C(=O)CC2c3ccc(O)cc3CCC21. The van der Waals surface area contributed by atoms with Crippen molar-refractivity contribution >= 4 is 5.78 Å². The van der Waals surface area contributed by atoms with Gasteiger partial charge in [0.05, 0.1) is 0 Å². The van der Waals surface area contributed by atoms with Gasteiger partial charge >= 0.3 is 0 Å². The van der Waals surface area contributed by atoms with Crippen molar-refractivity contribution in [1.29, 1.82) is 0 Å². The number of Topliss-reactive ketones (excluding diaryl/α,β-unsaturated/α-hetero) is 1. The van der Waals surface area contributed by atoms with Gasteiger partial charge in [0.25, 0.3) is 0 Å². The Labute approximate surface area is 127 Å². The fraction of sp³-hybridized carbons (Fsp3) is 0.632. The zero-order chi connectivity index (χ0) is 15.0. The Balaban J connectivity index is 1.92. The van der Waals surface area contributed by atoms with Crippen LogP contribution in [-0.4, -0.2) is 10.9 Å². The monoisotopic (exact) mass is 286 g/mol. The largest absolute Gasteiger partial charge is 0.508 e. The van der Waals surface area contributed by atoms with E-state index >= 15 is 0 Å². The topological polar surface area (TPSA) is 37.3 Å². The first-order valence-corrected chi connectivity index (χ1v) is 8.46. The summed E-state index contributed by atoms with van der Waals surface area (Å²) in [6.07, 6.45) is 6.55. The molecular formula is C19H26O2. The van der Waals surface area contributed by atoms with Crippen LogP contribution in [0.1, 0.15) is 63.0 Å². The first-order chi connectivity index (χ1) is 10.1. The minimum absolute atomic E-state index is 0.233. The molecule has 3 unspecified atom stereocenters. The zero-order valence-corrected chi connectivity index (χ0v) is 13.1. The highest BCUT2D eigenvalue weighted by atomic mass is 16.3. The summed E-state index contributed by atoms with van der Waals surface area (Å²) in [5.74, 6) is 2.62. The third-order valence-corrected chi connectivity index (χ3v) is 5.80. The summed E-state index contributed by atoms with van der Waals surface area (Å²) in [4.78, 5) is 12.4. The molecular weight excluding hydrogens is 260 g/mol. The molecule has 0 aromatic heterocycles. The van der Waals surface area contributed by atoms with E-state index in [1.54, 1.807) is 6.07 Å². The van der Waals surface area contributed by atoms with E-state index in [1.165, 1.54) is 36.8 Å². The number of phenolic OH excluding ortho intramolecular Hbond substituents is 1. The maximum atomic E-state index is 12.4. The molecule has 1 saturated carbocycles. The third kappa shape index (κ3) is 2.61. The Morgan fingerprint density at radius 2 is 2.14 bits per heavy atom. The highest BCUT2D eigenvalue weighted by Crippen LogP contribution is 2.50. The van der Waals surface area contributed by atoms with Crippen molar-refractivity contribution in [2.75, 3.05) is 0 Å². The second-order valence-corrected chi connectivity index (χ2v) is 6.96. The normalized spacial score (nSPS) is 31.6. The molecule has 0 bridgehead atoms. The van der Waals surface area contributed by atoms with Gasteiger partial charge < -0.3 is 5.11 Å². The lowest BCUT2D eigenvalue weighted by molar-refractivity contribution is -0.129. The number of aryl methyl sites for hydroxylation is 1. The molecule has 1 aromatic rings. The molecule has 0 saturated heterocycles. The van der Waals surface area contributed by atoms with Gasteiger partial charge in [-0.05, 0) is 60.3 Å². The van der Waals surface area contributed by atoms with E-state index in [4.69, 9.17) is 0 Å². The van der Waals surface area contributed by atoms with E-state index < -0.39 is 0 Å². The summed E-state index contributed by atoms with van der Waals surface area (Å²) < 4.78 is 0. The Bertz CT molecular complexity index is 534. The van der Waals surface area contributed by atoms with Gasteiger partial charge in [-0.3, -0.25) is 4.79 Å². The molecule has 1 fully saturated rings. The van der Waals surface area contributed by atoms with Crippen molar-refractivity contribution in [1.82, 2.24) is 0 Å². The molecule has 0 radical (unpaired) electrons. The minimum atomic E-state index is 0.233. The Hall–Kier alpha value is -1.31. The van der Waals surface area contributed by atoms with E-state index in [0.717, 1.165) is 6.42 Å². The minimum Gasteiger partial charge on any atom is -0.508 e. The Morgan fingerprint density at radius 1 is 1.33 bits per heavy atom. The van der Waals surface area contributed by atoms with Crippen molar-refractivity contribution in [3.63, 3.8) is 0 Å². The van der Waals surface area contributed by atoms with E-state index in [0.29, 0.717) is 35.7 Å². The second kappa shape index (κ2) is 5.82. The lowest BCUT2D eigenvalue weighted by Crippen LogP contribution is -2.40. The smallest absolute Gasteiger partial charge is 0.136 e. The molecule has 0 heterocycles. The maximum absolute atomic E-state index is 12.4. The van der Waals surface area contributed by atoms with Crippen molar-refractivity contribution in [3.05, 3.63) is 29.3 Å². The molecule has 2 heteroatoms. The fourth-order valence-corrected chi connectivity index (χ4v) is 4.61. The maximum Gasteiger partial charge on any atom is 0.136 e. The Kier molecular flexibility index (Phi) is 4.05. The predicted octanol–water partition coefficient (Wildman–Crippen LogP) is 4.45. The quantitative estimate of drug-likeness (QED) is 0.891. The molecule has 3 rings (SSSR count). The number of hydrogen-bond acceptors (Lipinski definition) is 2. The van der Waals surface area contributed by atoms with E-state index in [-0.39, 0.29) is 5.92 Å². The number of ketones is 1. The number of rotatable bonds is 3. The molecule has 0 spiro atoms. The van der Waals surface area contributed by atoms with Crippen LogP contribution in [0.4, 0.5) is 0 Å². The lowest BCUT2D eigenvalue weighted by atomic mass is 9.59. The number of carbonyl (C=O) groups is 1. The van der Waals surface area contributed by atoms with Crippen LogP contribution < -0.4 is 0 Å². The van der Waals surface area contributed by atoms with Crippen molar-refractivity contribution in [3.8, 4) is 5.75 Å².